The molecule has 1 aliphatic rings. The van der Waals surface area contributed by atoms with Crippen LogP contribution in [0.1, 0.15) is 28.8 Å². The van der Waals surface area contributed by atoms with E-state index in [1.807, 2.05) is 6.07 Å². The Kier molecular flexibility index (Phi) is 3.96. The summed E-state index contributed by atoms with van der Waals surface area (Å²) in [5.74, 6) is 0. The first-order valence-electron chi connectivity index (χ1n) is 6.05. The number of hydrogen-bond acceptors (Lipinski definition) is 4. The van der Waals surface area contributed by atoms with Crippen molar-refractivity contribution in [2.75, 3.05) is 25.1 Å². The Bertz CT molecular complexity index is 479. The number of carbonyl (C=O) groups is 1. The molecular weight excluding hydrogens is 228 g/mol. The van der Waals surface area contributed by atoms with Crippen LogP contribution < -0.4 is 4.90 Å². The van der Waals surface area contributed by atoms with Gasteiger partial charge in [-0.3, -0.25) is 4.79 Å². The number of nitrogens with zero attached hydrogens (tertiary/aromatic N) is 2. The number of piperidine rings is 1. The normalized spacial score (nSPS) is 19.3. The molecule has 0 saturated carbocycles. The lowest BCUT2D eigenvalue weighted by Crippen LogP contribution is -2.39. The molecule has 0 spiro atoms. The van der Waals surface area contributed by atoms with E-state index in [-0.39, 0.29) is 6.10 Å². The van der Waals surface area contributed by atoms with Gasteiger partial charge in [0.15, 0.2) is 0 Å². The summed E-state index contributed by atoms with van der Waals surface area (Å²) in [6, 6.07) is 7.39. The summed E-state index contributed by atoms with van der Waals surface area (Å²) in [5, 5.41) is 9.17. The van der Waals surface area contributed by atoms with Gasteiger partial charge < -0.3 is 9.64 Å². The maximum absolute atomic E-state index is 10.7. The second-order valence-electron chi connectivity index (χ2n) is 4.45. The zero-order valence-corrected chi connectivity index (χ0v) is 10.4. The van der Waals surface area contributed by atoms with E-state index < -0.39 is 0 Å². The quantitative estimate of drug-likeness (QED) is 0.763. The topological polar surface area (TPSA) is 53.3 Å². The number of anilines is 1. The summed E-state index contributed by atoms with van der Waals surface area (Å²) in [6.45, 7) is 1.72. The number of methoxy groups -OCH3 is 1. The second kappa shape index (κ2) is 5.65. The van der Waals surface area contributed by atoms with E-state index in [1.54, 1.807) is 19.2 Å². The third-order valence-electron chi connectivity index (χ3n) is 3.33. The van der Waals surface area contributed by atoms with Crippen molar-refractivity contribution in [2.24, 2.45) is 0 Å². The molecule has 1 atom stereocenters. The molecule has 0 aromatic heterocycles. The monoisotopic (exact) mass is 244 g/mol. The molecule has 1 fully saturated rings. The molecule has 0 N–H and O–H groups in total. The molecule has 4 heteroatoms. The van der Waals surface area contributed by atoms with Crippen molar-refractivity contribution in [3.63, 3.8) is 0 Å². The van der Waals surface area contributed by atoms with E-state index in [1.165, 1.54) is 0 Å². The van der Waals surface area contributed by atoms with E-state index in [0.717, 1.165) is 37.9 Å². The second-order valence-corrected chi connectivity index (χ2v) is 4.45. The highest BCUT2D eigenvalue weighted by molar-refractivity contribution is 5.78. The maximum Gasteiger partial charge on any atom is 0.150 e. The average molecular weight is 244 g/mol. The average Bonchev–Trinajstić information content (AvgIpc) is 2.46. The van der Waals surface area contributed by atoms with Gasteiger partial charge in [0.1, 0.15) is 12.4 Å². The predicted molar refractivity (Wildman–Crippen MR) is 68.8 cm³/mol. The SMILES string of the molecule is COC1CCCN(c2ccc(C=O)cc2C#N)C1. The van der Waals surface area contributed by atoms with Crippen LogP contribution in [0.3, 0.4) is 0 Å². The molecule has 1 saturated heterocycles. The largest absolute Gasteiger partial charge is 0.380 e. The number of benzene rings is 1. The van der Waals surface area contributed by atoms with E-state index in [2.05, 4.69) is 11.0 Å². The van der Waals surface area contributed by atoms with E-state index in [0.29, 0.717) is 11.1 Å². The van der Waals surface area contributed by atoms with E-state index >= 15 is 0 Å². The van der Waals surface area contributed by atoms with Gasteiger partial charge in [-0.05, 0) is 31.0 Å². The van der Waals surface area contributed by atoms with Crippen molar-refractivity contribution >= 4 is 12.0 Å². The van der Waals surface area contributed by atoms with Crippen LogP contribution in [0.15, 0.2) is 18.2 Å². The van der Waals surface area contributed by atoms with Gasteiger partial charge >= 0.3 is 0 Å². The Balaban J connectivity index is 2.27. The highest BCUT2D eigenvalue weighted by atomic mass is 16.5. The van der Waals surface area contributed by atoms with E-state index in [4.69, 9.17) is 10.00 Å². The minimum absolute atomic E-state index is 0.219. The molecule has 1 heterocycles. The summed E-state index contributed by atoms with van der Waals surface area (Å²) in [6.07, 6.45) is 3.09. The Morgan fingerprint density at radius 1 is 1.56 bits per heavy atom. The third kappa shape index (κ3) is 2.52. The molecule has 1 aromatic rings. The molecule has 2 rings (SSSR count). The molecule has 1 aromatic carbocycles. The predicted octanol–water partition coefficient (Wildman–Crippen LogP) is 1.99. The minimum Gasteiger partial charge on any atom is -0.380 e. The van der Waals surface area contributed by atoms with Gasteiger partial charge in [-0.1, -0.05) is 0 Å². The number of hydrogen-bond donors (Lipinski definition) is 0. The van der Waals surface area contributed by atoms with Gasteiger partial charge in [0.25, 0.3) is 0 Å². The van der Waals surface area contributed by atoms with E-state index in [9.17, 15) is 4.79 Å². The molecule has 0 bridgehead atoms. The number of ether oxygens (including phenoxy) is 1. The third-order valence-corrected chi connectivity index (χ3v) is 3.33. The van der Waals surface area contributed by atoms with Crippen LogP contribution in [0.25, 0.3) is 0 Å². The van der Waals surface area contributed by atoms with Crippen LogP contribution >= 0.6 is 0 Å². The first-order valence-corrected chi connectivity index (χ1v) is 6.05. The van der Waals surface area contributed by atoms with Crippen molar-refractivity contribution in [1.82, 2.24) is 0 Å². The molecule has 0 aliphatic carbocycles. The van der Waals surface area contributed by atoms with Gasteiger partial charge in [0.05, 0.1) is 17.4 Å². The standard InChI is InChI=1S/C14H16N2O2/c1-18-13-3-2-6-16(9-13)14-5-4-11(10-17)7-12(14)8-15/h4-5,7,10,13H,2-3,6,9H2,1H3. The Morgan fingerprint density at radius 2 is 2.39 bits per heavy atom. The molecule has 94 valence electrons. The molecular formula is C14H16N2O2. The van der Waals surface area contributed by atoms with Crippen molar-refractivity contribution in [2.45, 2.75) is 18.9 Å². The number of rotatable bonds is 3. The molecule has 1 aliphatic heterocycles. The summed E-state index contributed by atoms with van der Waals surface area (Å²) in [7, 11) is 1.72. The summed E-state index contributed by atoms with van der Waals surface area (Å²) in [5.41, 5.74) is 1.98. The van der Waals surface area contributed by atoms with Crippen LogP contribution in [0.4, 0.5) is 5.69 Å². The lowest BCUT2D eigenvalue weighted by molar-refractivity contribution is 0.0893. The van der Waals surface area contributed by atoms with Crippen LogP contribution in [0, 0.1) is 11.3 Å². The van der Waals surface area contributed by atoms with Gasteiger partial charge in [-0.2, -0.15) is 5.26 Å². The number of nitriles is 1. The number of carbonyl (C=O) groups excluding carboxylic acids is 1. The first-order chi connectivity index (χ1) is 8.78. The fourth-order valence-corrected chi connectivity index (χ4v) is 2.34. The Morgan fingerprint density at radius 3 is 3.06 bits per heavy atom. The zero-order chi connectivity index (χ0) is 13.0. The van der Waals surface area contributed by atoms with Crippen molar-refractivity contribution < 1.29 is 9.53 Å². The summed E-state index contributed by atoms with van der Waals surface area (Å²) < 4.78 is 5.38. The summed E-state index contributed by atoms with van der Waals surface area (Å²) >= 11 is 0. The molecule has 18 heavy (non-hydrogen) atoms. The highest BCUT2D eigenvalue weighted by Gasteiger charge is 2.21. The maximum atomic E-state index is 10.7. The van der Waals surface area contributed by atoms with Crippen molar-refractivity contribution in [3.05, 3.63) is 29.3 Å². The fourth-order valence-electron chi connectivity index (χ4n) is 2.34. The number of aldehydes is 1. The fraction of sp³-hybridized carbons (Fsp3) is 0.429. The van der Waals surface area contributed by atoms with Gasteiger partial charge in [-0.25, -0.2) is 0 Å². The van der Waals surface area contributed by atoms with Crippen LogP contribution in [0.5, 0.6) is 0 Å². The lowest BCUT2D eigenvalue weighted by atomic mass is 10.0. The lowest BCUT2D eigenvalue weighted by Gasteiger charge is -2.34. The highest BCUT2D eigenvalue weighted by Crippen LogP contribution is 2.25. The molecule has 1 unspecified atom stereocenters. The zero-order valence-electron chi connectivity index (χ0n) is 10.4. The molecule has 0 amide bonds. The van der Waals surface area contributed by atoms with Gasteiger partial charge in [0.2, 0.25) is 0 Å². The molecule has 0 radical (unpaired) electrons. The van der Waals surface area contributed by atoms with Gasteiger partial charge in [-0.15, -0.1) is 0 Å². The minimum atomic E-state index is 0.219. The summed E-state index contributed by atoms with van der Waals surface area (Å²) in [4.78, 5) is 12.9. The Hall–Kier alpha value is -1.86. The molecule has 4 nitrogen and oxygen atoms in total. The smallest absolute Gasteiger partial charge is 0.150 e. The van der Waals surface area contributed by atoms with Crippen LogP contribution in [-0.4, -0.2) is 32.6 Å². The van der Waals surface area contributed by atoms with Crippen molar-refractivity contribution in [1.29, 1.82) is 5.26 Å². The first kappa shape index (κ1) is 12.6. The van der Waals surface area contributed by atoms with Crippen LogP contribution in [0.2, 0.25) is 0 Å². The van der Waals surface area contributed by atoms with Crippen molar-refractivity contribution in [3.8, 4) is 6.07 Å². The Labute approximate surface area is 107 Å². The van der Waals surface area contributed by atoms with Crippen LogP contribution in [-0.2, 0) is 4.74 Å². The van der Waals surface area contributed by atoms with Gasteiger partial charge in [0, 0.05) is 25.8 Å².